The van der Waals surface area contributed by atoms with Crippen LogP contribution in [0.15, 0.2) is 12.1 Å². The number of aryl methyl sites for hydroxylation is 1. The van der Waals surface area contributed by atoms with E-state index in [9.17, 15) is 13.2 Å². The Kier molecular flexibility index (Phi) is 3.75. The highest BCUT2D eigenvalue weighted by Gasteiger charge is 2.23. The van der Waals surface area contributed by atoms with Gasteiger partial charge in [0.2, 0.25) is 0 Å². The van der Waals surface area contributed by atoms with E-state index in [4.69, 9.17) is 5.11 Å². The first-order chi connectivity index (χ1) is 8.87. The van der Waals surface area contributed by atoms with E-state index in [0.29, 0.717) is 24.4 Å². The molecule has 1 aromatic heterocycles. The van der Waals surface area contributed by atoms with Crippen molar-refractivity contribution in [3.8, 4) is 0 Å². The van der Waals surface area contributed by atoms with Gasteiger partial charge < -0.3 is 10.4 Å². The van der Waals surface area contributed by atoms with Crippen LogP contribution in [0.25, 0.3) is 0 Å². The van der Waals surface area contributed by atoms with Crippen molar-refractivity contribution in [1.82, 2.24) is 4.98 Å². The van der Waals surface area contributed by atoms with Crippen LogP contribution in [0.2, 0.25) is 0 Å². The van der Waals surface area contributed by atoms with Crippen molar-refractivity contribution >= 4 is 21.6 Å². The SMILES string of the molecule is Cc1nc(NC2CCS(=O)(=O)CC2)ccc1C(=O)O. The molecule has 0 aliphatic carbocycles. The number of hydrogen-bond acceptors (Lipinski definition) is 5. The number of carboxylic acids is 1. The van der Waals surface area contributed by atoms with Gasteiger partial charge in [-0.1, -0.05) is 0 Å². The summed E-state index contributed by atoms with van der Waals surface area (Å²) in [5.74, 6) is -0.0274. The van der Waals surface area contributed by atoms with Gasteiger partial charge in [0.05, 0.1) is 22.8 Å². The maximum atomic E-state index is 11.3. The van der Waals surface area contributed by atoms with E-state index < -0.39 is 15.8 Å². The largest absolute Gasteiger partial charge is 0.478 e. The molecule has 0 aromatic carbocycles. The molecule has 1 aliphatic heterocycles. The Bertz CT molecular complexity index is 584. The van der Waals surface area contributed by atoms with E-state index >= 15 is 0 Å². The summed E-state index contributed by atoms with van der Waals surface area (Å²) >= 11 is 0. The van der Waals surface area contributed by atoms with Gasteiger partial charge in [-0.15, -0.1) is 0 Å². The Morgan fingerprint density at radius 2 is 2.00 bits per heavy atom. The summed E-state index contributed by atoms with van der Waals surface area (Å²) in [7, 11) is -2.87. The molecular weight excluding hydrogens is 268 g/mol. The minimum absolute atomic E-state index is 0.0751. The van der Waals surface area contributed by atoms with Gasteiger partial charge in [-0.2, -0.15) is 0 Å². The molecule has 0 atom stereocenters. The van der Waals surface area contributed by atoms with Crippen LogP contribution in [0.1, 0.15) is 28.9 Å². The maximum Gasteiger partial charge on any atom is 0.337 e. The Morgan fingerprint density at radius 1 is 1.37 bits per heavy atom. The Balaban J connectivity index is 2.04. The standard InChI is InChI=1S/C12H16N2O4S/c1-8-10(12(15)16)2-3-11(13-8)14-9-4-6-19(17,18)7-5-9/h2-3,9H,4-7H2,1H3,(H,13,14)(H,15,16). The summed E-state index contributed by atoms with van der Waals surface area (Å²) in [4.78, 5) is 15.1. The highest BCUT2D eigenvalue weighted by Crippen LogP contribution is 2.18. The van der Waals surface area contributed by atoms with Gasteiger partial charge in [0.25, 0.3) is 0 Å². The van der Waals surface area contributed by atoms with Crippen molar-refractivity contribution in [2.45, 2.75) is 25.8 Å². The third-order valence-corrected chi connectivity index (χ3v) is 4.94. The van der Waals surface area contributed by atoms with Gasteiger partial charge in [-0.3, -0.25) is 0 Å². The van der Waals surface area contributed by atoms with Crippen LogP contribution >= 0.6 is 0 Å². The number of aromatic carboxylic acids is 1. The Morgan fingerprint density at radius 3 is 2.53 bits per heavy atom. The third kappa shape index (κ3) is 3.44. The molecule has 1 saturated heterocycles. The number of nitrogens with one attached hydrogen (secondary N) is 1. The lowest BCUT2D eigenvalue weighted by molar-refractivity contribution is 0.0695. The topological polar surface area (TPSA) is 96.4 Å². The van der Waals surface area contributed by atoms with E-state index in [-0.39, 0.29) is 23.1 Å². The van der Waals surface area contributed by atoms with Gasteiger partial charge >= 0.3 is 5.97 Å². The molecule has 6 nitrogen and oxygen atoms in total. The summed E-state index contributed by atoms with van der Waals surface area (Å²) in [5, 5.41) is 12.1. The van der Waals surface area contributed by atoms with Crippen molar-refractivity contribution in [2.75, 3.05) is 16.8 Å². The predicted molar refractivity (Wildman–Crippen MR) is 71.2 cm³/mol. The second-order valence-corrected chi connectivity index (χ2v) is 7.01. The van der Waals surface area contributed by atoms with Crippen molar-refractivity contribution in [1.29, 1.82) is 0 Å². The molecule has 1 aliphatic rings. The zero-order chi connectivity index (χ0) is 14.0. The Hall–Kier alpha value is -1.63. The fraction of sp³-hybridized carbons (Fsp3) is 0.500. The number of anilines is 1. The fourth-order valence-electron chi connectivity index (χ4n) is 2.11. The molecule has 0 radical (unpaired) electrons. The van der Waals surface area contributed by atoms with Crippen LogP contribution in [-0.2, 0) is 9.84 Å². The van der Waals surface area contributed by atoms with E-state index in [1.807, 2.05) is 0 Å². The van der Waals surface area contributed by atoms with Gasteiger partial charge in [0.1, 0.15) is 15.7 Å². The predicted octanol–water partition coefficient (Wildman–Crippen LogP) is 1.08. The van der Waals surface area contributed by atoms with Gasteiger partial charge in [-0.05, 0) is 31.9 Å². The average Bonchev–Trinajstić information content (AvgIpc) is 2.31. The lowest BCUT2D eigenvalue weighted by Gasteiger charge is -2.23. The lowest BCUT2D eigenvalue weighted by atomic mass is 10.1. The van der Waals surface area contributed by atoms with Crippen molar-refractivity contribution in [2.24, 2.45) is 0 Å². The monoisotopic (exact) mass is 284 g/mol. The second-order valence-electron chi connectivity index (χ2n) is 4.71. The molecule has 1 fully saturated rings. The lowest BCUT2D eigenvalue weighted by Crippen LogP contribution is -2.32. The minimum Gasteiger partial charge on any atom is -0.478 e. The number of nitrogens with zero attached hydrogens (tertiary/aromatic N) is 1. The van der Waals surface area contributed by atoms with E-state index in [0.717, 1.165) is 0 Å². The fourth-order valence-corrected chi connectivity index (χ4v) is 3.60. The molecular formula is C12H16N2O4S. The van der Waals surface area contributed by atoms with Gasteiger partial charge in [-0.25, -0.2) is 18.2 Å². The molecule has 104 valence electrons. The summed E-state index contributed by atoms with van der Waals surface area (Å²) in [6.45, 7) is 1.64. The van der Waals surface area contributed by atoms with Crippen molar-refractivity contribution in [3.63, 3.8) is 0 Å². The molecule has 19 heavy (non-hydrogen) atoms. The quantitative estimate of drug-likeness (QED) is 0.862. The average molecular weight is 284 g/mol. The summed E-state index contributed by atoms with van der Waals surface area (Å²) in [5.41, 5.74) is 0.623. The normalized spacial score (nSPS) is 19.0. The number of aromatic nitrogens is 1. The van der Waals surface area contributed by atoms with Gasteiger partial charge in [0, 0.05) is 6.04 Å². The van der Waals surface area contributed by atoms with Crippen LogP contribution in [0, 0.1) is 6.92 Å². The van der Waals surface area contributed by atoms with Crippen LogP contribution < -0.4 is 5.32 Å². The number of carbonyl (C=O) groups is 1. The number of pyridine rings is 1. The number of carboxylic acid groups (broad SMARTS) is 1. The first kappa shape index (κ1) is 13.8. The smallest absolute Gasteiger partial charge is 0.337 e. The molecule has 1 aromatic rings. The summed E-state index contributed by atoms with van der Waals surface area (Å²) in [6.07, 6.45) is 1.12. The zero-order valence-electron chi connectivity index (χ0n) is 10.6. The van der Waals surface area contributed by atoms with Crippen LogP contribution in [0.4, 0.5) is 5.82 Å². The highest BCUT2D eigenvalue weighted by atomic mass is 32.2. The second kappa shape index (κ2) is 5.16. The number of sulfone groups is 1. The number of hydrogen-bond donors (Lipinski definition) is 2. The molecule has 7 heteroatoms. The molecule has 0 bridgehead atoms. The zero-order valence-corrected chi connectivity index (χ0v) is 11.4. The molecule has 0 spiro atoms. The highest BCUT2D eigenvalue weighted by molar-refractivity contribution is 7.91. The first-order valence-electron chi connectivity index (χ1n) is 6.05. The summed E-state index contributed by atoms with van der Waals surface area (Å²) in [6, 6.07) is 3.19. The maximum absolute atomic E-state index is 11.3. The molecule has 0 unspecified atom stereocenters. The first-order valence-corrected chi connectivity index (χ1v) is 7.87. The molecule has 0 saturated carbocycles. The molecule has 2 heterocycles. The van der Waals surface area contributed by atoms with E-state index in [2.05, 4.69) is 10.3 Å². The third-order valence-electron chi connectivity index (χ3n) is 3.22. The van der Waals surface area contributed by atoms with E-state index in [1.54, 1.807) is 13.0 Å². The molecule has 2 rings (SSSR count). The minimum atomic E-state index is -2.87. The van der Waals surface area contributed by atoms with Crippen molar-refractivity contribution < 1.29 is 18.3 Å². The van der Waals surface area contributed by atoms with Crippen molar-refractivity contribution in [3.05, 3.63) is 23.4 Å². The Labute approximate surface area is 111 Å². The van der Waals surface area contributed by atoms with Crippen LogP contribution in [0.5, 0.6) is 0 Å². The molecule has 2 N–H and O–H groups in total. The van der Waals surface area contributed by atoms with Crippen LogP contribution in [-0.4, -0.2) is 42.0 Å². The van der Waals surface area contributed by atoms with Crippen LogP contribution in [0.3, 0.4) is 0 Å². The van der Waals surface area contributed by atoms with E-state index in [1.165, 1.54) is 6.07 Å². The molecule has 0 amide bonds. The number of rotatable bonds is 3. The van der Waals surface area contributed by atoms with Gasteiger partial charge in [0.15, 0.2) is 0 Å². The summed E-state index contributed by atoms with van der Waals surface area (Å²) < 4.78 is 22.6.